The Kier molecular flexibility index (Phi) is 3.90. The first-order chi connectivity index (χ1) is 12.3. The van der Waals surface area contributed by atoms with Crippen LogP contribution in [0.4, 0.5) is 11.8 Å². The van der Waals surface area contributed by atoms with Crippen molar-refractivity contribution in [1.29, 1.82) is 0 Å². The molecule has 5 rings (SSSR count). The van der Waals surface area contributed by atoms with Gasteiger partial charge in [-0.3, -0.25) is 0 Å². The van der Waals surface area contributed by atoms with Gasteiger partial charge in [0.1, 0.15) is 5.82 Å². The number of nitrogens with zero attached hydrogens (tertiary/aromatic N) is 4. The minimum atomic E-state index is -0.244. The molecule has 4 heterocycles. The first-order valence-corrected chi connectivity index (χ1v) is 9.56. The highest BCUT2D eigenvalue weighted by molar-refractivity contribution is 5.49. The van der Waals surface area contributed by atoms with Gasteiger partial charge < -0.3 is 19.6 Å². The molecule has 1 aromatic rings. The fourth-order valence-corrected chi connectivity index (χ4v) is 4.54. The minimum absolute atomic E-state index is 0.244. The molecule has 1 aromatic heterocycles. The molecule has 0 radical (unpaired) electrons. The lowest BCUT2D eigenvalue weighted by molar-refractivity contribution is 0.140. The predicted octanol–water partition coefficient (Wildman–Crippen LogP) is 1.56. The predicted molar refractivity (Wildman–Crippen MR) is 96.0 cm³/mol. The van der Waals surface area contributed by atoms with Gasteiger partial charge in [0.15, 0.2) is 0 Å². The number of allylic oxidation sites excluding steroid dienone is 2. The van der Waals surface area contributed by atoms with E-state index in [-0.39, 0.29) is 6.10 Å². The van der Waals surface area contributed by atoms with Crippen molar-refractivity contribution in [2.45, 2.75) is 31.3 Å². The van der Waals surface area contributed by atoms with Gasteiger partial charge in [0.25, 0.3) is 0 Å². The smallest absolute Gasteiger partial charge is 0.227 e. The minimum Gasteiger partial charge on any atom is -0.389 e. The van der Waals surface area contributed by atoms with Crippen LogP contribution in [0.5, 0.6) is 0 Å². The summed E-state index contributed by atoms with van der Waals surface area (Å²) in [6.07, 6.45) is 7.85. The van der Waals surface area contributed by atoms with E-state index in [1.165, 1.54) is 12.8 Å². The molecular formula is C19H26N4O2. The number of fused-ring (bicyclic) bond motifs is 1. The first-order valence-electron chi connectivity index (χ1n) is 9.56. The number of β-amino-alcohol motifs (C(OH)–C–C–N with tert-alkyl or cyclic N) is 1. The Labute approximate surface area is 148 Å². The van der Waals surface area contributed by atoms with Gasteiger partial charge in [-0.25, -0.2) is 4.98 Å². The third-order valence-corrected chi connectivity index (χ3v) is 6.16. The van der Waals surface area contributed by atoms with E-state index in [2.05, 4.69) is 28.0 Å². The second-order valence-electron chi connectivity index (χ2n) is 7.94. The molecule has 1 unspecified atom stereocenters. The lowest BCUT2D eigenvalue weighted by Crippen LogP contribution is -2.51. The average Bonchev–Trinajstić information content (AvgIpc) is 3.28. The Balaban J connectivity index is 1.43. The van der Waals surface area contributed by atoms with Crippen LogP contribution in [0.2, 0.25) is 0 Å². The van der Waals surface area contributed by atoms with Crippen LogP contribution in [0.3, 0.4) is 0 Å². The van der Waals surface area contributed by atoms with E-state index in [9.17, 15) is 5.11 Å². The highest BCUT2D eigenvalue weighted by Crippen LogP contribution is 2.36. The molecule has 6 nitrogen and oxygen atoms in total. The molecule has 1 N–H and O–H groups in total. The zero-order chi connectivity index (χ0) is 16.8. The molecule has 0 spiro atoms. The summed E-state index contributed by atoms with van der Waals surface area (Å²) >= 11 is 0. The Bertz CT molecular complexity index is 651. The maximum atomic E-state index is 9.65. The summed E-state index contributed by atoms with van der Waals surface area (Å²) in [7, 11) is 0. The monoisotopic (exact) mass is 342 g/mol. The average molecular weight is 342 g/mol. The van der Waals surface area contributed by atoms with Gasteiger partial charge in [0, 0.05) is 44.8 Å². The summed E-state index contributed by atoms with van der Waals surface area (Å²) in [6.45, 7) is 5.04. The highest BCUT2D eigenvalue weighted by atomic mass is 16.5. The van der Waals surface area contributed by atoms with Crippen molar-refractivity contribution in [3.63, 3.8) is 0 Å². The van der Waals surface area contributed by atoms with E-state index >= 15 is 0 Å². The number of aromatic nitrogens is 2. The van der Waals surface area contributed by atoms with E-state index in [4.69, 9.17) is 14.7 Å². The fraction of sp³-hybridized carbons (Fsp3) is 0.684. The molecule has 3 fully saturated rings. The molecule has 0 amide bonds. The second-order valence-corrected chi connectivity index (χ2v) is 7.94. The van der Waals surface area contributed by atoms with Gasteiger partial charge in [-0.1, -0.05) is 12.2 Å². The fourth-order valence-electron chi connectivity index (χ4n) is 4.54. The summed E-state index contributed by atoms with van der Waals surface area (Å²) in [5, 5.41) is 9.65. The number of aliphatic hydroxyl groups excluding tert-OH is 1. The van der Waals surface area contributed by atoms with E-state index < -0.39 is 0 Å². The molecule has 4 aliphatic rings. The number of anilines is 2. The Hall–Kier alpha value is -1.66. The zero-order valence-electron chi connectivity index (χ0n) is 14.5. The molecule has 0 aromatic carbocycles. The summed E-state index contributed by atoms with van der Waals surface area (Å²) in [4.78, 5) is 14.2. The number of aliphatic hydroxyl groups is 1. The molecule has 25 heavy (non-hydrogen) atoms. The Morgan fingerprint density at radius 1 is 1.00 bits per heavy atom. The molecule has 6 heteroatoms. The lowest BCUT2D eigenvalue weighted by Gasteiger charge is -2.36. The van der Waals surface area contributed by atoms with E-state index in [0.717, 1.165) is 62.0 Å². The molecule has 3 atom stereocenters. The maximum Gasteiger partial charge on any atom is 0.227 e. The van der Waals surface area contributed by atoms with Crippen molar-refractivity contribution < 1.29 is 9.84 Å². The summed E-state index contributed by atoms with van der Waals surface area (Å²) < 4.78 is 5.58. The second kappa shape index (κ2) is 6.25. The molecule has 1 aliphatic carbocycles. The standard InChI is InChI=1S/C19H26N4O2/c24-16-10-23(11-16)19-20-17(15-5-6-25-12-15)7-18(21-19)22-8-13-3-1-2-4-14(13)9-22/h1-2,7,13-16,24H,3-6,8-12H2/t13-,14+,15?. The topological polar surface area (TPSA) is 61.7 Å². The van der Waals surface area contributed by atoms with Crippen LogP contribution >= 0.6 is 0 Å². The van der Waals surface area contributed by atoms with Crippen molar-refractivity contribution in [2.24, 2.45) is 11.8 Å². The summed E-state index contributed by atoms with van der Waals surface area (Å²) in [6, 6.07) is 2.18. The Morgan fingerprint density at radius 2 is 1.76 bits per heavy atom. The number of rotatable bonds is 3. The quantitative estimate of drug-likeness (QED) is 0.842. The van der Waals surface area contributed by atoms with Crippen molar-refractivity contribution >= 4 is 11.8 Å². The summed E-state index contributed by atoms with van der Waals surface area (Å²) in [5.74, 6) is 3.72. The maximum absolute atomic E-state index is 9.65. The highest BCUT2D eigenvalue weighted by Gasteiger charge is 2.35. The number of ether oxygens (including phenoxy) is 1. The molecule has 3 aliphatic heterocycles. The van der Waals surface area contributed by atoms with E-state index in [1.807, 2.05) is 0 Å². The van der Waals surface area contributed by atoms with Gasteiger partial charge in [-0.2, -0.15) is 4.98 Å². The first kappa shape index (κ1) is 15.6. The molecule has 0 bridgehead atoms. The van der Waals surface area contributed by atoms with Gasteiger partial charge in [-0.15, -0.1) is 0 Å². The third-order valence-electron chi connectivity index (χ3n) is 6.16. The molecular weight excluding hydrogens is 316 g/mol. The van der Waals surface area contributed by atoms with Crippen molar-refractivity contribution in [2.75, 3.05) is 49.2 Å². The largest absolute Gasteiger partial charge is 0.389 e. The van der Waals surface area contributed by atoms with Gasteiger partial charge in [0.05, 0.1) is 18.4 Å². The van der Waals surface area contributed by atoms with E-state index in [1.54, 1.807) is 0 Å². The van der Waals surface area contributed by atoms with Crippen LogP contribution in [0.25, 0.3) is 0 Å². The normalized spacial score (nSPS) is 32.1. The van der Waals surface area contributed by atoms with Crippen molar-refractivity contribution in [3.8, 4) is 0 Å². The van der Waals surface area contributed by atoms with E-state index in [0.29, 0.717) is 19.0 Å². The number of hydrogen-bond acceptors (Lipinski definition) is 6. The third kappa shape index (κ3) is 2.91. The number of hydrogen-bond donors (Lipinski definition) is 1. The van der Waals surface area contributed by atoms with Crippen LogP contribution in [0.1, 0.15) is 30.9 Å². The molecule has 0 saturated carbocycles. The van der Waals surface area contributed by atoms with Crippen LogP contribution in [0, 0.1) is 11.8 Å². The van der Waals surface area contributed by atoms with Crippen LogP contribution in [-0.2, 0) is 4.74 Å². The SMILES string of the molecule is OC1CN(c2nc(C3CCOC3)cc(N3C[C@H]4CC=CC[C@H]4C3)n2)C1. The van der Waals surface area contributed by atoms with Crippen molar-refractivity contribution in [3.05, 3.63) is 23.9 Å². The summed E-state index contributed by atoms with van der Waals surface area (Å²) in [5.41, 5.74) is 1.10. The van der Waals surface area contributed by atoms with Gasteiger partial charge in [-0.05, 0) is 31.1 Å². The lowest BCUT2D eigenvalue weighted by atomic mass is 9.86. The van der Waals surface area contributed by atoms with Crippen LogP contribution < -0.4 is 9.80 Å². The van der Waals surface area contributed by atoms with Gasteiger partial charge >= 0.3 is 0 Å². The molecule has 134 valence electrons. The van der Waals surface area contributed by atoms with Crippen molar-refractivity contribution in [1.82, 2.24) is 9.97 Å². The zero-order valence-corrected chi connectivity index (χ0v) is 14.5. The van der Waals surface area contributed by atoms with Crippen LogP contribution in [-0.4, -0.2) is 60.6 Å². The van der Waals surface area contributed by atoms with Gasteiger partial charge in [0.2, 0.25) is 5.95 Å². The Morgan fingerprint density at radius 3 is 2.40 bits per heavy atom. The van der Waals surface area contributed by atoms with Crippen LogP contribution in [0.15, 0.2) is 18.2 Å². The molecule has 3 saturated heterocycles.